The number of rotatable bonds is 7. The van der Waals surface area contributed by atoms with Crippen molar-refractivity contribution in [3.63, 3.8) is 0 Å². The predicted octanol–water partition coefficient (Wildman–Crippen LogP) is 6.36. The van der Waals surface area contributed by atoms with Gasteiger partial charge in [-0.05, 0) is 54.8 Å². The summed E-state index contributed by atoms with van der Waals surface area (Å²) in [4.78, 5) is 12.3. The van der Waals surface area contributed by atoms with Crippen LogP contribution in [-0.4, -0.2) is 32.6 Å². The minimum atomic E-state index is -4.40. The van der Waals surface area contributed by atoms with Crippen LogP contribution in [0.2, 0.25) is 5.02 Å². The van der Waals surface area contributed by atoms with Gasteiger partial charge in [0.1, 0.15) is 0 Å². The fourth-order valence-electron chi connectivity index (χ4n) is 3.94. The monoisotopic (exact) mass is 521 g/mol. The molecule has 1 aromatic heterocycles. The van der Waals surface area contributed by atoms with Gasteiger partial charge in [-0.25, -0.2) is 5.43 Å². The highest BCUT2D eigenvalue weighted by Gasteiger charge is 2.30. The number of carbonyl (C=O) groups is 1. The molecule has 0 radical (unpaired) electrons. The maximum Gasteiger partial charge on any atom is 0.416 e. The van der Waals surface area contributed by atoms with E-state index < -0.39 is 11.7 Å². The molecule has 6 nitrogen and oxygen atoms in total. The normalized spacial score (nSPS) is 15.0. The molecular weight excluding hydrogens is 499 g/mol. The number of nitrogens with zero attached hydrogens (tertiary/aromatic N) is 4. The number of amides is 1. The van der Waals surface area contributed by atoms with E-state index in [-0.39, 0.29) is 17.7 Å². The summed E-state index contributed by atoms with van der Waals surface area (Å²) in [6.45, 7) is 0. The van der Waals surface area contributed by atoms with Crippen LogP contribution in [0.1, 0.15) is 49.3 Å². The largest absolute Gasteiger partial charge is 0.416 e. The molecule has 0 aliphatic heterocycles. The molecule has 1 saturated carbocycles. The number of hydrazone groups is 1. The van der Waals surface area contributed by atoms with E-state index in [1.54, 1.807) is 0 Å². The third kappa shape index (κ3) is 6.64. The zero-order chi connectivity index (χ0) is 24.8. The predicted molar refractivity (Wildman–Crippen MR) is 130 cm³/mol. The number of hydrogen-bond donors (Lipinski definition) is 1. The molecule has 1 aliphatic rings. The van der Waals surface area contributed by atoms with E-state index in [9.17, 15) is 18.0 Å². The molecule has 1 aliphatic carbocycles. The van der Waals surface area contributed by atoms with Gasteiger partial charge in [-0.3, -0.25) is 9.36 Å². The Morgan fingerprint density at radius 2 is 1.77 bits per heavy atom. The first-order valence-electron chi connectivity index (χ1n) is 11.1. The second-order valence-electron chi connectivity index (χ2n) is 8.18. The Bertz CT molecular complexity index is 1170. The Kier molecular flexibility index (Phi) is 8.12. The van der Waals surface area contributed by atoms with Crippen molar-refractivity contribution in [3.05, 3.63) is 64.7 Å². The molecule has 4 rings (SSSR count). The minimum absolute atomic E-state index is 0.0653. The molecule has 0 unspecified atom stereocenters. The van der Waals surface area contributed by atoms with Crippen molar-refractivity contribution in [2.24, 2.45) is 5.10 Å². The van der Waals surface area contributed by atoms with E-state index in [0.717, 1.165) is 49.2 Å². The summed E-state index contributed by atoms with van der Waals surface area (Å²) in [5, 5.41) is 13.9. The van der Waals surface area contributed by atoms with Crippen LogP contribution in [0.3, 0.4) is 0 Å². The molecule has 1 heterocycles. The molecule has 3 aromatic rings. The molecule has 0 atom stereocenters. The third-order valence-corrected chi connectivity index (χ3v) is 6.88. The zero-order valence-corrected chi connectivity index (χ0v) is 20.2. The number of alkyl halides is 3. The second-order valence-corrected chi connectivity index (χ2v) is 9.56. The molecule has 0 spiro atoms. The fraction of sp³-hybridized carbons (Fsp3) is 0.333. The van der Waals surface area contributed by atoms with Crippen LogP contribution in [0.15, 0.2) is 58.8 Å². The average Bonchev–Trinajstić information content (AvgIpc) is 3.27. The lowest BCUT2D eigenvalue weighted by Crippen LogP contribution is -2.20. The maximum absolute atomic E-state index is 12.7. The van der Waals surface area contributed by atoms with Gasteiger partial charge in [-0.1, -0.05) is 54.8 Å². The first-order chi connectivity index (χ1) is 16.8. The number of aromatic nitrogens is 3. The van der Waals surface area contributed by atoms with Gasteiger partial charge >= 0.3 is 6.18 Å². The summed E-state index contributed by atoms with van der Waals surface area (Å²) in [6, 6.07) is 12.2. The highest BCUT2D eigenvalue weighted by atomic mass is 35.5. The maximum atomic E-state index is 12.7. The summed E-state index contributed by atoms with van der Waals surface area (Å²) >= 11 is 7.31. The first kappa shape index (κ1) is 25.2. The lowest BCUT2D eigenvalue weighted by atomic mass is 9.95. The molecule has 1 fully saturated rings. The molecule has 1 amide bonds. The average molecular weight is 522 g/mol. The van der Waals surface area contributed by atoms with Crippen LogP contribution in [0.5, 0.6) is 0 Å². The van der Waals surface area contributed by atoms with Crippen molar-refractivity contribution < 1.29 is 18.0 Å². The smallest absolute Gasteiger partial charge is 0.299 e. The third-order valence-electron chi connectivity index (χ3n) is 5.68. The Hall–Kier alpha value is -2.85. The van der Waals surface area contributed by atoms with E-state index >= 15 is 0 Å². The topological polar surface area (TPSA) is 72.2 Å². The van der Waals surface area contributed by atoms with Gasteiger partial charge in [0.25, 0.3) is 5.91 Å². The molecule has 1 N–H and O–H groups in total. The second kappa shape index (κ2) is 11.3. The Morgan fingerprint density at radius 3 is 2.43 bits per heavy atom. The van der Waals surface area contributed by atoms with E-state index in [1.165, 1.54) is 36.5 Å². The lowest BCUT2D eigenvalue weighted by Gasteiger charge is -2.25. The molecular formula is C24H23ClF3N5OS. The summed E-state index contributed by atoms with van der Waals surface area (Å²) in [7, 11) is 0. The van der Waals surface area contributed by atoms with Gasteiger partial charge in [0, 0.05) is 16.6 Å². The van der Waals surface area contributed by atoms with Gasteiger partial charge in [-0.2, -0.15) is 18.3 Å². The van der Waals surface area contributed by atoms with Gasteiger partial charge in [0.2, 0.25) is 0 Å². The van der Waals surface area contributed by atoms with Crippen molar-refractivity contribution in [1.82, 2.24) is 20.2 Å². The van der Waals surface area contributed by atoms with Crippen LogP contribution in [0.4, 0.5) is 13.2 Å². The molecule has 2 aromatic carbocycles. The molecule has 184 valence electrons. The molecule has 0 saturated heterocycles. The number of carbonyl (C=O) groups excluding carboxylic acids is 1. The molecule has 0 bridgehead atoms. The van der Waals surface area contributed by atoms with Gasteiger partial charge in [-0.15, -0.1) is 10.2 Å². The number of hydrogen-bond acceptors (Lipinski definition) is 5. The van der Waals surface area contributed by atoms with Crippen LogP contribution in [0.25, 0.3) is 11.4 Å². The summed E-state index contributed by atoms with van der Waals surface area (Å²) < 4.78 is 40.1. The Morgan fingerprint density at radius 1 is 1.09 bits per heavy atom. The SMILES string of the molecule is O=C(CSc1nnc(-c2ccc(Cl)cc2)n1C1CCCCC1)N/N=C/c1ccc(C(F)(F)F)cc1. The van der Waals surface area contributed by atoms with Gasteiger partial charge < -0.3 is 0 Å². The van der Waals surface area contributed by atoms with Gasteiger partial charge in [0.15, 0.2) is 11.0 Å². The van der Waals surface area contributed by atoms with Crippen LogP contribution in [-0.2, 0) is 11.0 Å². The summed E-state index contributed by atoms with van der Waals surface area (Å²) in [5.74, 6) is 0.455. The number of nitrogens with one attached hydrogen (secondary N) is 1. The Labute approximate surface area is 210 Å². The van der Waals surface area contributed by atoms with E-state index in [0.29, 0.717) is 15.7 Å². The fourth-order valence-corrected chi connectivity index (χ4v) is 4.86. The van der Waals surface area contributed by atoms with E-state index in [2.05, 4.69) is 25.3 Å². The number of benzene rings is 2. The Balaban J connectivity index is 1.41. The highest BCUT2D eigenvalue weighted by Crippen LogP contribution is 2.35. The highest BCUT2D eigenvalue weighted by molar-refractivity contribution is 7.99. The van der Waals surface area contributed by atoms with Crippen molar-refractivity contribution in [2.75, 3.05) is 5.75 Å². The van der Waals surface area contributed by atoms with Crippen molar-refractivity contribution in [2.45, 2.75) is 49.5 Å². The lowest BCUT2D eigenvalue weighted by molar-refractivity contribution is -0.137. The number of halogens is 4. The van der Waals surface area contributed by atoms with Gasteiger partial charge in [0.05, 0.1) is 17.5 Å². The van der Waals surface area contributed by atoms with Crippen LogP contribution in [0, 0.1) is 0 Å². The summed E-state index contributed by atoms with van der Waals surface area (Å²) in [5.41, 5.74) is 3.01. The quantitative estimate of drug-likeness (QED) is 0.223. The van der Waals surface area contributed by atoms with E-state index in [4.69, 9.17) is 11.6 Å². The molecule has 35 heavy (non-hydrogen) atoms. The number of thioether (sulfide) groups is 1. The van der Waals surface area contributed by atoms with E-state index in [1.807, 2.05) is 24.3 Å². The zero-order valence-electron chi connectivity index (χ0n) is 18.6. The van der Waals surface area contributed by atoms with Crippen LogP contribution >= 0.6 is 23.4 Å². The summed E-state index contributed by atoms with van der Waals surface area (Å²) in [6.07, 6.45) is 2.42. The molecule has 11 heteroatoms. The standard InChI is InChI=1S/C24H23ClF3N5OS/c25-19-12-8-17(9-13-19)22-31-32-23(33(22)20-4-2-1-3-5-20)35-15-21(34)30-29-14-16-6-10-18(11-7-16)24(26,27)28/h6-14,20H,1-5,15H2,(H,30,34)/b29-14+. The minimum Gasteiger partial charge on any atom is -0.299 e. The first-order valence-corrected chi connectivity index (χ1v) is 12.5. The van der Waals surface area contributed by atoms with Crippen molar-refractivity contribution in [3.8, 4) is 11.4 Å². The van der Waals surface area contributed by atoms with Crippen molar-refractivity contribution in [1.29, 1.82) is 0 Å². The van der Waals surface area contributed by atoms with Crippen molar-refractivity contribution >= 4 is 35.5 Å². The van der Waals surface area contributed by atoms with Crippen LogP contribution < -0.4 is 5.43 Å².